The van der Waals surface area contributed by atoms with Gasteiger partial charge in [0.1, 0.15) is 0 Å². The van der Waals surface area contributed by atoms with Gasteiger partial charge in [0, 0.05) is 19.1 Å². The molecule has 3 aliphatic rings. The summed E-state index contributed by atoms with van der Waals surface area (Å²) in [5.74, 6) is 0.528. The molecule has 0 bridgehead atoms. The van der Waals surface area contributed by atoms with Crippen molar-refractivity contribution in [2.75, 3.05) is 26.4 Å². The summed E-state index contributed by atoms with van der Waals surface area (Å²) in [5, 5.41) is 3.28. The van der Waals surface area contributed by atoms with Gasteiger partial charge in [-0.05, 0) is 25.7 Å². The Morgan fingerprint density at radius 3 is 2.78 bits per heavy atom. The molecule has 3 fully saturated rings. The minimum Gasteiger partial charge on any atom is -0.378 e. The minimum atomic E-state index is -0.0831. The second-order valence-electron chi connectivity index (χ2n) is 5.91. The maximum absolute atomic E-state index is 12.5. The van der Waals surface area contributed by atoms with Gasteiger partial charge in [-0.1, -0.05) is 12.8 Å². The van der Waals surface area contributed by atoms with Gasteiger partial charge in [-0.15, -0.1) is 0 Å². The van der Waals surface area contributed by atoms with Crippen molar-refractivity contribution in [1.29, 1.82) is 0 Å². The largest absolute Gasteiger partial charge is 0.378 e. The molecular formula is C14H23NO3. The normalized spacial score (nSPS) is 35.8. The molecule has 2 atom stereocenters. The van der Waals surface area contributed by atoms with Gasteiger partial charge in [0.25, 0.3) is 0 Å². The summed E-state index contributed by atoms with van der Waals surface area (Å²) in [6, 6.07) is -0.0831. The van der Waals surface area contributed by atoms with E-state index in [1.807, 2.05) is 0 Å². The number of hydrogen-bond donors (Lipinski definition) is 1. The Morgan fingerprint density at radius 2 is 2.06 bits per heavy atom. The van der Waals surface area contributed by atoms with E-state index in [-0.39, 0.29) is 17.6 Å². The Labute approximate surface area is 108 Å². The molecule has 1 spiro atoms. The number of morpholine rings is 1. The van der Waals surface area contributed by atoms with Gasteiger partial charge in [-0.25, -0.2) is 0 Å². The van der Waals surface area contributed by atoms with E-state index >= 15 is 0 Å². The molecule has 1 N–H and O–H groups in total. The van der Waals surface area contributed by atoms with Crippen LogP contribution in [0.3, 0.4) is 0 Å². The quantitative estimate of drug-likeness (QED) is 0.805. The van der Waals surface area contributed by atoms with Gasteiger partial charge >= 0.3 is 0 Å². The Morgan fingerprint density at radius 1 is 1.22 bits per heavy atom. The fourth-order valence-electron chi connectivity index (χ4n) is 3.67. The first-order valence-corrected chi connectivity index (χ1v) is 7.28. The molecule has 0 radical (unpaired) electrons. The van der Waals surface area contributed by atoms with Crippen molar-refractivity contribution in [3.8, 4) is 0 Å². The van der Waals surface area contributed by atoms with Crippen LogP contribution >= 0.6 is 0 Å². The van der Waals surface area contributed by atoms with Gasteiger partial charge in [-0.3, -0.25) is 4.79 Å². The van der Waals surface area contributed by atoms with Crippen LogP contribution in [0.5, 0.6) is 0 Å². The fourth-order valence-corrected chi connectivity index (χ4v) is 3.67. The van der Waals surface area contributed by atoms with Crippen molar-refractivity contribution in [2.24, 2.45) is 5.92 Å². The minimum absolute atomic E-state index is 0.0358. The van der Waals surface area contributed by atoms with Crippen molar-refractivity contribution in [3.05, 3.63) is 0 Å². The standard InChI is InChI=1S/C14H23NO3/c16-13(12-10-17-8-6-15-12)11-3-7-18-14(9-11)4-1-2-5-14/h11-12,15H,1-10H2. The summed E-state index contributed by atoms with van der Waals surface area (Å²) in [7, 11) is 0. The molecule has 4 heteroatoms. The zero-order chi connectivity index (χ0) is 12.4. The molecule has 2 aliphatic heterocycles. The van der Waals surface area contributed by atoms with E-state index < -0.39 is 0 Å². The average Bonchev–Trinajstić information content (AvgIpc) is 2.87. The lowest BCUT2D eigenvalue weighted by Gasteiger charge is -2.39. The zero-order valence-corrected chi connectivity index (χ0v) is 11.0. The fraction of sp³-hybridized carbons (Fsp3) is 0.929. The first kappa shape index (κ1) is 12.6. The van der Waals surface area contributed by atoms with Crippen molar-refractivity contribution < 1.29 is 14.3 Å². The molecule has 18 heavy (non-hydrogen) atoms. The van der Waals surface area contributed by atoms with E-state index in [9.17, 15) is 4.79 Å². The molecule has 0 amide bonds. The number of ketones is 1. The van der Waals surface area contributed by atoms with E-state index in [2.05, 4.69) is 5.32 Å². The van der Waals surface area contributed by atoms with Crippen LogP contribution in [-0.2, 0) is 14.3 Å². The molecule has 0 aromatic carbocycles. The summed E-state index contributed by atoms with van der Waals surface area (Å²) in [6.45, 7) is 2.82. The number of Topliss-reactive ketones (excluding diaryl/α,β-unsaturated/α-hetero) is 1. The number of ether oxygens (including phenoxy) is 2. The molecular weight excluding hydrogens is 230 g/mol. The monoisotopic (exact) mass is 253 g/mol. The van der Waals surface area contributed by atoms with E-state index in [0.717, 1.165) is 45.4 Å². The highest BCUT2D eigenvalue weighted by atomic mass is 16.5. The van der Waals surface area contributed by atoms with Crippen LogP contribution in [-0.4, -0.2) is 43.8 Å². The summed E-state index contributed by atoms with van der Waals surface area (Å²) >= 11 is 0. The van der Waals surface area contributed by atoms with Crippen molar-refractivity contribution in [3.63, 3.8) is 0 Å². The topological polar surface area (TPSA) is 47.6 Å². The number of hydrogen-bond acceptors (Lipinski definition) is 4. The Balaban J connectivity index is 1.62. The molecule has 2 unspecified atom stereocenters. The van der Waals surface area contributed by atoms with Crippen LogP contribution in [0.1, 0.15) is 38.5 Å². The Kier molecular flexibility index (Phi) is 3.68. The predicted octanol–water partition coefficient (Wildman–Crippen LogP) is 1.28. The van der Waals surface area contributed by atoms with Gasteiger partial charge in [0.05, 0.1) is 24.9 Å². The summed E-state index contributed by atoms with van der Waals surface area (Å²) < 4.78 is 11.4. The van der Waals surface area contributed by atoms with Crippen molar-refractivity contribution in [2.45, 2.75) is 50.2 Å². The lowest BCUT2D eigenvalue weighted by atomic mass is 9.80. The second kappa shape index (κ2) is 5.27. The Bertz CT molecular complexity index is 306. The highest BCUT2D eigenvalue weighted by Crippen LogP contribution is 2.42. The molecule has 2 heterocycles. The number of rotatable bonds is 2. The van der Waals surface area contributed by atoms with E-state index in [4.69, 9.17) is 9.47 Å². The van der Waals surface area contributed by atoms with Crippen LogP contribution in [0.15, 0.2) is 0 Å². The van der Waals surface area contributed by atoms with E-state index in [0.29, 0.717) is 12.4 Å². The first-order chi connectivity index (χ1) is 8.79. The van der Waals surface area contributed by atoms with Gasteiger partial charge < -0.3 is 14.8 Å². The molecule has 1 aliphatic carbocycles. The smallest absolute Gasteiger partial charge is 0.155 e. The molecule has 102 valence electrons. The van der Waals surface area contributed by atoms with E-state index in [1.165, 1.54) is 12.8 Å². The van der Waals surface area contributed by atoms with Crippen LogP contribution in [0.25, 0.3) is 0 Å². The lowest BCUT2D eigenvalue weighted by molar-refractivity contribution is -0.140. The lowest BCUT2D eigenvalue weighted by Crippen LogP contribution is -2.51. The third-order valence-corrected chi connectivity index (χ3v) is 4.68. The maximum atomic E-state index is 12.5. The molecule has 2 saturated heterocycles. The SMILES string of the molecule is O=C(C1CCOC2(CCCC2)C1)C1COCCN1. The molecule has 3 rings (SSSR count). The number of carbonyl (C=O) groups is 1. The third kappa shape index (κ3) is 2.46. The highest BCUT2D eigenvalue weighted by molar-refractivity contribution is 5.86. The van der Waals surface area contributed by atoms with Gasteiger partial charge in [0.15, 0.2) is 5.78 Å². The van der Waals surface area contributed by atoms with Crippen LogP contribution in [0.4, 0.5) is 0 Å². The van der Waals surface area contributed by atoms with Crippen molar-refractivity contribution in [1.82, 2.24) is 5.32 Å². The van der Waals surface area contributed by atoms with Gasteiger partial charge in [-0.2, -0.15) is 0 Å². The third-order valence-electron chi connectivity index (χ3n) is 4.68. The zero-order valence-electron chi connectivity index (χ0n) is 11.0. The average molecular weight is 253 g/mol. The summed E-state index contributed by atoms with van der Waals surface area (Å²) in [4.78, 5) is 12.5. The van der Waals surface area contributed by atoms with Crippen LogP contribution in [0.2, 0.25) is 0 Å². The summed E-state index contributed by atoms with van der Waals surface area (Å²) in [6.07, 6.45) is 6.62. The highest BCUT2D eigenvalue weighted by Gasteiger charge is 2.43. The Hall–Kier alpha value is -0.450. The molecule has 1 saturated carbocycles. The summed E-state index contributed by atoms with van der Waals surface area (Å²) in [5.41, 5.74) is 0.0358. The number of carbonyl (C=O) groups excluding carboxylic acids is 1. The maximum Gasteiger partial charge on any atom is 0.155 e. The van der Waals surface area contributed by atoms with Crippen molar-refractivity contribution >= 4 is 5.78 Å². The molecule has 4 nitrogen and oxygen atoms in total. The first-order valence-electron chi connectivity index (χ1n) is 7.28. The molecule has 0 aromatic heterocycles. The van der Waals surface area contributed by atoms with Crippen LogP contribution in [0, 0.1) is 5.92 Å². The second-order valence-corrected chi connectivity index (χ2v) is 5.91. The van der Waals surface area contributed by atoms with Gasteiger partial charge in [0.2, 0.25) is 0 Å². The predicted molar refractivity (Wildman–Crippen MR) is 67.5 cm³/mol. The molecule has 0 aromatic rings. The number of nitrogens with one attached hydrogen (secondary N) is 1. The van der Waals surface area contributed by atoms with Crippen LogP contribution < -0.4 is 5.32 Å². The van der Waals surface area contributed by atoms with E-state index in [1.54, 1.807) is 0 Å².